The van der Waals surface area contributed by atoms with E-state index in [9.17, 15) is 9.90 Å². The Labute approximate surface area is 108 Å². The molecule has 0 heterocycles. The summed E-state index contributed by atoms with van der Waals surface area (Å²) in [7, 11) is 1.61. The highest BCUT2D eigenvalue weighted by molar-refractivity contribution is 5.46. The van der Waals surface area contributed by atoms with Crippen molar-refractivity contribution in [3.63, 3.8) is 0 Å². The summed E-state index contributed by atoms with van der Waals surface area (Å²) in [5, 5.41) is 13.1. The molecule has 2 atom stereocenters. The number of ether oxygens (including phenoxy) is 1. The van der Waals surface area contributed by atoms with Crippen LogP contribution in [-0.4, -0.2) is 25.2 Å². The van der Waals surface area contributed by atoms with Gasteiger partial charge < -0.3 is 15.2 Å². The Bertz CT molecular complexity index is 377. The molecule has 1 rings (SSSR count). The molecule has 0 bridgehead atoms. The van der Waals surface area contributed by atoms with Gasteiger partial charge in [-0.25, -0.2) is 0 Å². The first-order valence-electron chi connectivity index (χ1n) is 6.06. The van der Waals surface area contributed by atoms with Gasteiger partial charge in [0.15, 0.2) is 0 Å². The molecule has 1 aromatic rings. The molecular formula is C14H21NO3. The van der Waals surface area contributed by atoms with Crippen LogP contribution < -0.4 is 10.1 Å². The zero-order valence-corrected chi connectivity index (χ0v) is 11.1. The Morgan fingerprint density at radius 2 is 2.06 bits per heavy atom. The minimum absolute atomic E-state index is 0.379. The second-order valence-electron chi connectivity index (χ2n) is 4.68. The van der Waals surface area contributed by atoms with Crippen LogP contribution in [0.15, 0.2) is 24.3 Å². The first-order chi connectivity index (χ1) is 8.57. The molecule has 0 fully saturated rings. The van der Waals surface area contributed by atoms with Gasteiger partial charge in [0.25, 0.3) is 0 Å². The quantitative estimate of drug-likeness (QED) is 0.728. The van der Waals surface area contributed by atoms with Gasteiger partial charge in [0.2, 0.25) is 6.41 Å². The number of aliphatic hydroxyl groups is 1. The average molecular weight is 251 g/mol. The number of hydrogen-bond acceptors (Lipinski definition) is 3. The summed E-state index contributed by atoms with van der Waals surface area (Å²) in [6, 6.07) is 7.33. The monoisotopic (exact) mass is 251 g/mol. The number of benzene rings is 1. The van der Waals surface area contributed by atoms with Gasteiger partial charge in [-0.1, -0.05) is 26.0 Å². The first kappa shape index (κ1) is 14.5. The van der Waals surface area contributed by atoms with E-state index in [1.165, 1.54) is 0 Å². The van der Waals surface area contributed by atoms with Crippen LogP contribution in [0.4, 0.5) is 0 Å². The first-order valence-corrected chi connectivity index (χ1v) is 6.06. The Morgan fingerprint density at radius 1 is 1.44 bits per heavy atom. The molecule has 1 amide bonds. The topological polar surface area (TPSA) is 58.6 Å². The standard InChI is InChI=1S/C14H21NO3/c1-4-14(2,9-15-10-16)13(17)11-5-7-12(18-3)8-6-11/h5-8,10,13,17H,4,9H2,1-3H3,(H,15,16). The van der Waals surface area contributed by atoms with E-state index >= 15 is 0 Å². The normalized spacial score (nSPS) is 15.6. The zero-order valence-electron chi connectivity index (χ0n) is 11.1. The van der Waals surface area contributed by atoms with Gasteiger partial charge in [0.1, 0.15) is 5.75 Å². The van der Waals surface area contributed by atoms with E-state index in [0.29, 0.717) is 13.0 Å². The molecule has 0 aliphatic carbocycles. The third-order valence-corrected chi connectivity index (χ3v) is 3.49. The van der Waals surface area contributed by atoms with Crippen molar-refractivity contribution in [1.29, 1.82) is 0 Å². The predicted octanol–water partition coefficient (Wildman–Crippen LogP) is 1.89. The van der Waals surface area contributed by atoms with Crippen molar-refractivity contribution in [3.05, 3.63) is 29.8 Å². The lowest BCUT2D eigenvalue weighted by Gasteiger charge is -2.33. The molecule has 0 aliphatic heterocycles. The van der Waals surface area contributed by atoms with E-state index in [2.05, 4.69) is 5.32 Å². The molecule has 1 aromatic carbocycles. The lowest BCUT2D eigenvalue weighted by molar-refractivity contribution is -0.110. The van der Waals surface area contributed by atoms with Crippen molar-refractivity contribution < 1.29 is 14.6 Å². The molecule has 0 saturated carbocycles. The molecule has 0 aromatic heterocycles. The van der Waals surface area contributed by atoms with Gasteiger partial charge in [-0.2, -0.15) is 0 Å². The molecule has 0 spiro atoms. The highest BCUT2D eigenvalue weighted by Gasteiger charge is 2.32. The van der Waals surface area contributed by atoms with E-state index in [4.69, 9.17) is 4.74 Å². The summed E-state index contributed by atoms with van der Waals surface area (Å²) in [4.78, 5) is 10.4. The van der Waals surface area contributed by atoms with Gasteiger partial charge in [-0.05, 0) is 24.1 Å². The minimum Gasteiger partial charge on any atom is -0.497 e. The zero-order chi connectivity index (χ0) is 13.6. The lowest BCUT2D eigenvalue weighted by Crippen LogP contribution is -2.36. The Kier molecular flexibility index (Phi) is 5.16. The van der Waals surface area contributed by atoms with Gasteiger partial charge in [-0.15, -0.1) is 0 Å². The highest BCUT2D eigenvalue weighted by Crippen LogP contribution is 2.36. The molecule has 2 unspecified atom stereocenters. The van der Waals surface area contributed by atoms with Gasteiger partial charge in [0.05, 0.1) is 13.2 Å². The molecule has 0 aliphatic rings. The molecule has 2 N–H and O–H groups in total. The lowest BCUT2D eigenvalue weighted by atomic mass is 9.78. The van der Waals surface area contributed by atoms with E-state index in [0.717, 1.165) is 17.7 Å². The fourth-order valence-electron chi connectivity index (χ4n) is 1.88. The number of methoxy groups -OCH3 is 1. The van der Waals surface area contributed by atoms with E-state index in [1.54, 1.807) is 7.11 Å². The molecule has 4 nitrogen and oxygen atoms in total. The fraction of sp³-hybridized carbons (Fsp3) is 0.500. The highest BCUT2D eigenvalue weighted by atomic mass is 16.5. The average Bonchev–Trinajstić information content (AvgIpc) is 2.44. The van der Waals surface area contributed by atoms with E-state index < -0.39 is 6.10 Å². The fourth-order valence-corrected chi connectivity index (χ4v) is 1.88. The van der Waals surface area contributed by atoms with Gasteiger partial charge >= 0.3 is 0 Å². The molecule has 4 heteroatoms. The Balaban J connectivity index is 2.87. The van der Waals surface area contributed by atoms with Crippen LogP contribution in [0.1, 0.15) is 31.9 Å². The number of aliphatic hydroxyl groups excluding tert-OH is 1. The Morgan fingerprint density at radius 3 is 2.50 bits per heavy atom. The number of carbonyl (C=O) groups is 1. The maximum Gasteiger partial charge on any atom is 0.207 e. The summed E-state index contributed by atoms with van der Waals surface area (Å²) in [6.45, 7) is 4.40. The van der Waals surface area contributed by atoms with Crippen LogP contribution in [0.3, 0.4) is 0 Å². The molecule has 0 radical (unpaired) electrons. The van der Waals surface area contributed by atoms with Gasteiger partial charge in [-0.3, -0.25) is 4.79 Å². The van der Waals surface area contributed by atoms with Crippen LogP contribution in [0.2, 0.25) is 0 Å². The number of nitrogens with one attached hydrogen (secondary N) is 1. The second kappa shape index (κ2) is 6.40. The van der Waals surface area contributed by atoms with Crippen LogP contribution >= 0.6 is 0 Å². The van der Waals surface area contributed by atoms with E-state index in [-0.39, 0.29) is 5.41 Å². The smallest absolute Gasteiger partial charge is 0.207 e. The largest absolute Gasteiger partial charge is 0.497 e. The molecule has 0 saturated heterocycles. The van der Waals surface area contributed by atoms with Crippen LogP contribution in [0.25, 0.3) is 0 Å². The summed E-state index contributed by atoms with van der Waals surface area (Å²) in [5.41, 5.74) is 0.447. The van der Waals surface area contributed by atoms with E-state index in [1.807, 2.05) is 38.1 Å². The van der Waals surface area contributed by atoms with Crippen LogP contribution in [-0.2, 0) is 4.79 Å². The number of rotatable bonds is 7. The van der Waals surface area contributed by atoms with Crippen LogP contribution in [0, 0.1) is 5.41 Å². The maximum atomic E-state index is 10.4. The summed E-state index contributed by atoms with van der Waals surface area (Å²) in [6.07, 6.45) is 0.802. The van der Waals surface area contributed by atoms with Gasteiger partial charge in [0, 0.05) is 12.0 Å². The number of hydrogen-bond donors (Lipinski definition) is 2. The Hall–Kier alpha value is -1.55. The number of carbonyl (C=O) groups excluding carboxylic acids is 1. The molecule has 100 valence electrons. The summed E-state index contributed by atoms with van der Waals surface area (Å²) in [5.74, 6) is 0.759. The molecular weight excluding hydrogens is 230 g/mol. The van der Waals surface area contributed by atoms with Crippen molar-refractivity contribution in [2.45, 2.75) is 26.4 Å². The van der Waals surface area contributed by atoms with Crippen molar-refractivity contribution in [1.82, 2.24) is 5.32 Å². The summed E-state index contributed by atoms with van der Waals surface area (Å²) < 4.78 is 5.09. The maximum absolute atomic E-state index is 10.4. The van der Waals surface area contributed by atoms with Crippen molar-refractivity contribution in [2.75, 3.05) is 13.7 Å². The SMILES string of the molecule is CCC(C)(CNC=O)C(O)c1ccc(OC)cc1. The second-order valence-corrected chi connectivity index (χ2v) is 4.68. The minimum atomic E-state index is -0.624. The van der Waals surface area contributed by atoms with Crippen molar-refractivity contribution in [2.24, 2.45) is 5.41 Å². The third kappa shape index (κ3) is 3.23. The van der Waals surface area contributed by atoms with Crippen molar-refractivity contribution in [3.8, 4) is 5.75 Å². The molecule has 18 heavy (non-hydrogen) atoms. The van der Waals surface area contributed by atoms with Crippen molar-refractivity contribution >= 4 is 6.41 Å². The number of amides is 1. The third-order valence-electron chi connectivity index (χ3n) is 3.49. The predicted molar refractivity (Wildman–Crippen MR) is 70.4 cm³/mol. The van der Waals surface area contributed by atoms with Crippen LogP contribution in [0.5, 0.6) is 5.75 Å². The summed E-state index contributed by atoms with van der Waals surface area (Å²) >= 11 is 0.